The Morgan fingerprint density at radius 3 is 2.70 bits per heavy atom. The van der Waals surface area contributed by atoms with Crippen molar-refractivity contribution in [2.75, 3.05) is 0 Å². The fourth-order valence-electron chi connectivity index (χ4n) is 0.526. The molecule has 1 aliphatic rings. The summed E-state index contributed by atoms with van der Waals surface area (Å²) in [5.74, 6) is 0. The van der Waals surface area contributed by atoms with Crippen LogP contribution in [-0.2, 0) is 0 Å². The highest BCUT2D eigenvalue weighted by molar-refractivity contribution is 4.89. The maximum atomic E-state index is 8.08. The van der Waals surface area contributed by atoms with E-state index in [0.29, 0.717) is 0 Å². The molecule has 1 heteroatoms. The van der Waals surface area contributed by atoms with Gasteiger partial charge in [0, 0.05) is 25.4 Å². The van der Waals surface area contributed by atoms with Gasteiger partial charge in [-0.15, -0.1) is 0 Å². The molecule has 0 spiro atoms. The summed E-state index contributed by atoms with van der Waals surface area (Å²) in [6.45, 7) is 4.64. The Bertz CT molecular complexity index is 436. The molecule has 1 rings (SSSR count). The quantitative estimate of drug-likeness (QED) is 0.637. The first-order valence-electron chi connectivity index (χ1n) is 8.35. The average molecular weight is 150 g/mol. The van der Waals surface area contributed by atoms with Gasteiger partial charge in [-0.1, -0.05) is 25.7 Å². The number of nitrogens with one attached hydrogen (secondary N) is 1. The van der Waals surface area contributed by atoms with Crippen LogP contribution in [0.4, 0.5) is 0 Å². The van der Waals surface area contributed by atoms with Crippen LogP contribution in [0.5, 0.6) is 0 Å². The van der Waals surface area contributed by atoms with Crippen LogP contribution in [0.2, 0.25) is 0 Å². The summed E-state index contributed by atoms with van der Waals surface area (Å²) >= 11 is 0. The summed E-state index contributed by atoms with van der Waals surface area (Å²) in [6, 6.07) is -3.11. The topological polar surface area (TPSA) is 12.0 Å². The van der Waals surface area contributed by atoms with Crippen LogP contribution in [0.25, 0.3) is 0 Å². The van der Waals surface area contributed by atoms with Gasteiger partial charge in [0.15, 0.2) is 0 Å². The largest absolute Gasteiger partial charge is 0.386 e. The highest BCUT2D eigenvalue weighted by Crippen LogP contribution is 2.17. The Labute approximate surface area is 79.0 Å². The summed E-state index contributed by atoms with van der Waals surface area (Å²) in [4.78, 5) is 0. The second-order valence-corrected chi connectivity index (χ2v) is 1.91. The minimum absolute atomic E-state index is 0.0631. The minimum Gasteiger partial charge on any atom is -0.386 e. The van der Waals surface area contributed by atoms with Crippen molar-refractivity contribution in [3.63, 3.8) is 0 Å². The van der Waals surface area contributed by atoms with E-state index in [1.54, 1.807) is 0 Å². The molecule has 1 aliphatic carbocycles. The van der Waals surface area contributed by atoms with Gasteiger partial charge in [-0.05, 0) is 19.7 Å². The molecule has 0 atom stereocenters. The molecule has 1 fully saturated rings. The smallest absolute Gasteiger partial charge is 0.0527 e. The van der Waals surface area contributed by atoms with E-state index in [0.717, 1.165) is 0 Å². The second kappa shape index (κ2) is 3.65. The predicted molar refractivity (Wildman–Crippen MR) is 44.8 cm³/mol. The normalized spacial score (nSPS) is 65.1. The first kappa shape index (κ1) is 1.65. The lowest BCUT2D eigenvalue weighted by Gasteiger charge is -2.23. The zero-order valence-corrected chi connectivity index (χ0v) is 5.71. The van der Waals surface area contributed by atoms with Crippen molar-refractivity contribution in [3.05, 3.63) is 12.3 Å². The standard InChI is InChI=1S/C9H17N/c1-8(2)10-9-6-4-3-5-7-9/h9-10H,1,3-7H2,2H3/i3D2,4D2,5D2,6D2,7D2,9D. The van der Waals surface area contributed by atoms with Gasteiger partial charge < -0.3 is 5.32 Å². The summed E-state index contributed by atoms with van der Waals surface area (Å²) in [7, 11) is 0. The molecule has 1 N–H and O–H groups in total. The summed E-state index contributed by atoms with van der Waals surface area (Å²) < 4.78 is 85.3. The van der Waals surface area contributed by atoms with Crippen LogP contribution < -0.4 is 5.32 Å². The van der Waals surface area contributed by atoms with E-state index in [4.69, 9.17) is 15.1 Å². The first-order chi connectivity index (χ1) is 8.92. The van der Waals surface area contributed by atoms with E-state index in [2.05, 4.69) is 11.9 Å². The molecule has 1 saturated carbocycles. The average Bonchev–Trinajstić information content (AvgIpc) is 2.25. The van der Waals surface area contributed by atoms with Crippen LogP contribution in [-0.4, -0.2) is 6.02 Å². The lowest BCUT2D eigenvalue weighted by molar-refractivity contribution is 0.397. The fourth-order valence-corrected chi connectivity index (χ4v) is 0.526. The van der Waals surface area contributed by atoms with Gasteiger partial charge in [-0.25, -0.2) is 0 Å². The zero-order valence-electron chi connectivity index (χ0n) is 16.7. The van der Waals surface area contributed by atoms with Crippen molar-refractivity contribution in [2.45, 2.75) is 44.8 Å². The highest BCUT2D eigenvalue weighted by Gasteiger charge is 2.11. The van der Waals surface area contributed by atoms with E-state index in [1.165, 1.54) is 6.92 Å². The maximum absolute atomic E-state index is 8.08. The summed E-state index contributed by atoms with van der Waals surface area (Å²) in [5.41, 5.74) is -0.0631. The van der Waals surface area contributed by atoms with Crippen molar-refractivity contribution in [1.29, 1.82) is 0 Å². The molecule has 0 aromatic heterocycles. The summed E-state index contributed by atoms with van der Waals surface area (Å²) in [6.07, 6.45) is -17.2. The predicted octanol–water partition coefficient (Wildman–Crippen LogP) is 2.44. The number of hydrogen-bond donors (Lipinski definition) is 1. The Morgan fingerprint density at radius 2 is 2.20 bits per heavy atom. The third-order valence-electron chi connectivity index (χ3n) is 0.838. The Hall–Kier alpha value is -0.460. The molecule has 0 unspecified atom stereocenters. The van der Waals surface area contributed by atoms with Crippen LogP contribution in [0.3, 0.4) is 0 Å². The van der Waals surface area contributed by atoms with Crippen molar-refractivity contribution < 1.29 is 15.1 Å². The molecule has 1 nitrogen and oxygen atoms in total. The van der Waals surface area contributed by atoms with Crippen LogP contribution in [0.15, 0.2) is 12.3 Å². The molecule has 0 amide bonds. The lowest BCUT2D eigenvalue weighted by atomic mass is 9.95. The third-order valence-corrected chi connectivity index (χ3v) is 0.838. The van der Waals surface area contributed by atoms with E-state index in [1.807, 2.05) is 0 Å². The Kier molecular flexibility index (Phi) is 0.601. The van der Waals surface area contributed by atoms with E-state index < -0.39 is 37.9 Å². The van der Waals surface area contributed by atoms with Gasteiger partial charge >= 0.3 is 0 Å². The third kappa shape index (κ3) is 2.42. The molecular formula is C9H17N. The first-order valence-corrected chi connectivity index (χ1v) is 2.85. The van der Waals surface area contributed by atoms with Crippen molar-refractivity contribution in [3.8, 4) is 0 Å². The van der Waals surface area contributed by atoms with Gasteiger partial charge in [-0.2, -0.15) is 0 Å². The Morgan fingerprint density at radius 1 is 1.60 bits per heavy atom. The lowest BCUT2D eigenvalue weighted by Crippen LogP contribution is -2.28. The highest BCUT2D eigenvalue weighted by atomic mass is 14.9. The molecule has 0 aromatic rings. The van der Waals surface area contributed by atoms with E-state index >= 15 is 0 Å². The molecule has 0 radical (unpaired) electrons. The van der Waals surface area contributed by atoms with Crippen LogP contribution in [0.1, 0.15) is 53.9 Å². The molecule has 10 heavy (non-hydrogen) atoms. The van der Waals surface area contributed by atoms with Gasteiger partial charge in [0.25, 0.3) is 0 Å². The van der Waals surface area contributed by atoms with Crippen molar-refractivity contribution in [1.82, 2.24) is 5.32 Å². The summed E-state index contributed by atoms with van der Waals surface area (Å²) in [5, 5.41) is 2.06. The van der Waals surface area contributed by atoms with Gasteiger partial charge in [-0.3, -0.25) is 0 Å². The molecule has 0 heterocycles. The van der Waals surface area contributed by atoms with Gasteiger partial charge in [0.1, 0.15) is 0 Å². The zero-order chi connectivity index (χ0) is 17.3. The van der Waals surface area contributed by atoms with Gasteiger partial charge in [0.2, 0.25) is 0 Å². The maximum Gasteiger partial charge on any atom is 0.0527 e. The monoisotopic (exact) mass is 150 g/mol. The molecule has 0 saturated heterocycles. The van der Waals surface area contributed by atoms with E-state index in [9.17, 15) is 0 Å². The van der Waals surface area contributed by atoms with Crippen molar-refractivity contribution in [2.24, 2.45) is 0 Å². The molecule has 0 aliphatic heterocycles. The molecule has 58 valence electrons. The molecule has 0 bridgehead atoms. The van der Waals surface area contributed by atoms with Crippen LogP contribution >= 0.6 is 0 Å². The van der Waals surface area contributed by atoms with E-state index in [-0.39, 0.29) is 5.70 Å². The number of rotatable bonds is 2. The van der Waals surface area contributed by atoms with Crippen molar-refractivity contribution >= 4 is 0 Å². The number of hydrogen-bond acceptors (Lipinski definition) is 1. The number of allylic oxidation sites excluding steroid dienone is 1. The van der Waals surface area contributed by atoms with Crippen LogP contribution in [0, 0.1) is 0 Å². The van der Waals surface area contributed by atoms with Gasteiger partial charge in [0.05, 0.1) is 1.37 Å². The molecular weight excluding hydrogens is 122 g/mol. The SMILES string of the molecule is [2H]C1([2H])C([2H])([2H])C([2H])([2H])C([2H])(NC(=C)C)C([2H])([2H])C1([2H])[2H]. The molecule has 0 aromatic carbocycles. The fraction of sp³-hybridized carbons (Fsp3) is 0.778. The minimum atomic E-state index is -3.49. The Balaban J connectivity index is 3.78. The second-order valence-electron chi connectivity index (χ2n) is 1.91.